The van der Waals surface area contributed by atoms with Crippen LogP contribution in [0.3, 0.4) is 0 Å². The van der Waals surface area contributed by atoms with Crippen molar-refractivity contribution in [1.82, 2.24) is 4.90 Å². The molecule has 1 atom stereocenters. The van der Waals surface area contributed by atoms with Gasteiger partial charge in [-0.2, -0.15) is 0 Å². The van der Waals surface area contributed by atoms with Crippen molar-refractivity contribution in [2.45, 2.75) is 40.2 Å². The number of rotatable bonds is 6. The van der Waals surface area contributed by atoms with Crippen LogP contribution in [0.25, 0.3) is 0 Å². The van der Waals surface area contributed by atoms with E-state index < -0.39 is 16.1 Å². The molecule has 1 aliphatic rings. The van der Waals surface area contributed by atoms with Gasteiger partial charge in [-0.15, -0.1) is 0 Å². The van der Waals surface area contributed by atoms with E-state index in [2.05, 4.69) is 36.9 Å². The fourth-order valence-electron chi connectivity index (χ4n) is 4.19. The van der Waals surface area contributed by atoms with Gasteiger partial charge >= 0.3 is 0 Å². The summed E-state index contributed by atoms with van der Waals surface area (Å²) in [5, 5.41) is 0. The number of carbonyl (C=O) groups is 1. The number of carbonyl (C=O) groups excluding carboxylic acids is 1. The normalized spacial score (nSPS) is 15.6. The lowest BCUT2D eigenvalue weighted by atomic mass is 10.1. The maximum absolute atomic E-state index is 13.4. The summed E-state index contributed by atoms with van der Waals surface area (Å²) >= 11 is 0. The van der Waals surface area contributed by atoms with Crippen LogP contribution in [0, 0.1) is 20.8 Å². The Balaban J connectivity index is 1.78. The van der Waals surface area contributed by atoms with E-state index >= 15 is 0 Å². The second-order valence-electron chi connectivity index (χ2n) is 8.35. The van der Waals surface area contributed by atoms with Crippen molar-refractivity contribution in [1.29, 1.82) is 0 Å². The molecule has 168 valence electrons. The van der Waals surface area contributed by atoms with E-state index in [4.69, 9.17) is 0 Å². The molecule has 0 aliphatic carbocycles. The van der Waals surface area contributed by atoms with Crippen LogP contribution in [-0.2, 0) is 14.8 Å². The molecular weight excluding hydrogens is 410 g/mol. The number of nitrogens with zero attached hydrogens (tertiary/aromatic N) is 3. The number of piperazine rings is 1. The van der Waals surface area contributed by atoms with Crippen molar-refractivity contribution < 1.29 is 13.2 Å². The fraction of sp³-hybridized carbons (Fsp3) is 0.458. The van der Waals surface area contributed by atoms with E-state index in [1.807, 2.05) is 30.9 Å². The van der Waals surface area contributed by atoms with Gasteiger partial charge in [0.25, 0.3) is 0 Å². The number of benzene rings is 2. The van der Waals surface area contributed by atoms with Crippen molar-refractivity contribution in [2.75, 3.05) is 41.6 Å². The zero-order valence-electron chi connectivity index (χ0n) is 19.1. The van der Waals surface area contributed by atoms with Crippen molar-refractivity contribution in [3.63, 3.8) is 0 Å². The maximum atomic E-state index is 13.4. The summed E-state index contributed by atoms with van der Waals surface area (Å²) in [6.45, 7) is 10.7. The van der Waals surface area contributed by atoms with Crippen molar-refractivity contribution >= 4 is 27.3 Å². The van der Waals surface area contributed by atoms with E-state index in [0.29, 0.717) is 25.2 Å². The lowest BCUT2D eigenvalue weighted by molar-refractivity contribution is -0.132. The van der Waals surface area contributed by atoms with E-state index in [9.17, 15) is 13.2 Å². The molecule has 6 nitrogen and oxygen atoms in total. The van der Waals surface area contributed by atoms with Gasteiger partial charge in [-0.1, -0.05) is 36.8 Å². The van der Waals surface area contributed by atoms with Crippen LogP contribution < -0.4 is 9.21 Å². The molecular formula is C24H33N3O3S. The van der Waals surface area contributed by atoms with Gasteiger partial charge in [-0.25, -0.2) is 8.42 Å². The predicted octanol–water partition coefficient (Wildman–Crippen LogP) is 3.51. The zero-order valence-corrected chi connectivity index (χ0v) is 19.9. The number of anilines is 2. The van der Waals surface area contributed by atoms with Crippen LogP contribution in [0.2, 0.25) is 0 Å². The first-order chi connectivity index (χ1) is 14.6. The van der Waals surface area contributed by atoms with Crippen molar-refractivity contribution in [3.05, 3.63) is 59.2 Å². The Bertz CT molecular complexity index is 1030. The van der Waals surface area contributed by atoms with Gasteiger partial charge in [-0.3, -0.25) is 9.10 Å². The summed E-state index contributed by atoms with van der Waals surface area (Å²) in [6, 6.07) is 12.8. The van der Waals surface area contributed by atoms with Crippen LogP contribution >= 0.6 is 0 Å². The summed E-state index contributed by atoms with van der Waals surface area (Å²) in [6.07, 6.45) is 1.58. The number of hydrogen-bond donors (Lipinski definition) is 0. The highest BCUT2D eigenvalue weighted by atomic mass is 32.2. The average Bonchev–Trinajstić information content (AvgIpc) is 2.74. The third kappa shape index (κ3) is 5.03. The topological polar surface area (TPSA) is 60.9 Å². The average molecular weight is 444 g/mol. The molecule has 7 heteroatoms. The van der Waals surface area contributed by atoms with Crippen LogP contribution in [0.15, 0.2) is 42.5 Å². The maximum Gasteiger partial charge on any atom is 0.246 e. The molecule has 2 aromatic rings. The quantitative estimate of drug-likeness (QED) is 0.686. The minimum Gasteiger partial charge on any atom is -0.368 e. The summed E-state index contributed by atoms with van der Waals surface area (Å²) < 4.78 is 26.6. The number of amides is 1. The molecule has 1 aliphatic heterocycles. The monoisotopic (exact) mass is 443 g/mol. The number of hydrogen-bond acceptors (Lipinski definition) is 4. The molecule has 31 heavy (non-hydrogen) atoms. The molecule has 0 spiro atoms. The first-order valence-electron chi connectivity index (χ1n) is 10.8. The minimum atomic E-state index is -3.61. The second-order valence-corrected chi connectivity index (χ2v) is 10.2. The van der Waals surface area contributed by atoms with E-state index in [0.717, 1.165) is 18.7 Å². The zero-order chi connectivity index (χ0) is 22.8. The highest BCUT2D eigenvalue weighted by Crippen LogP contribution is 2.26. The molecule has 1 fully saturated rings. The lowest BCUT2D eigenvalue weighted by Gasteiger charge is -2.40. The number of sulfonamides is 1. The SMILES string of the molecule is CC[C@@H](C(=O)N1CCN(c2cccc(C)c2C)CC1)N(c1ccc(C)cc1)S(C)(=O)=O. The molecule has 0 radical (unpaired) electrons. The molecule has 0 N–H and O–H groups in total. The molecule has 1 amide bonds. The van der Waals surface area contributed by atoms with Crippen LogP contribution in [0.4, 0.5) is 11.4 Å². The third-order valence-electron chi connectivity index (χ3n) is 6.11. The highest BCUT2D eigenvalue weighted by molar-refractivity contribution is 7.92. The smallest absolute Gasteiger partial charge is 0.246 e. The molecule has 1 saturated heterocycles. The minimum absolute atomic E-state index is 0.130. The Labute approximate surface area is 186 Å². The van der Waals surface area contributed by atoms with E-state index in [1.165, 1.54) is 27.4 Å². The summed E-state index contributed by atoms with van der Waals surface area (Å²) in [7, 11) is -3.61. The summed E-state index contributed by atoms with van der Waals surface area (Å²) in [5.74, 6) is -0.130. The summed E-state index contributed by atoms with van der Waals surface area (Å²) in [4.78, 5) is 17.5. The molecule has 1 heterocycles. The largest absolute Gasteiger partial charge is 0.368 e. The molecule has 2 aromatic carbocycles. The fourth-order valence-corrected chi connectivity index (χ4v) is 5.40. The van der Waals surface area contributed by atoms with Crippen LogP contribution in [0.1, 0.15) is 30.0 Å². The Morgan fingerprint density at radius 1 is 1.00 bits per heavy atom. The van der Waals surface area contributed by atoms with Gasteiger partial charge in [0.05, 0.1) is 11.9 Å². The second kappa shape index (κ2) is 9.30. The lowest BCUT2D eigenvalue weighted by Crippen LogP contribution is -2.56. The van der Waals surface area contributed by atoms with Crippen molar-refractivity contribution in [2.24, 2.45) is 0 Å². The standard InChI is InChI=1S/C24H33N3O3S/c1-6-22(27(31(5,29)30)21-12-10-18(2)11-13-21)24(28)26-16-14-25(15-17-26)23-9-7-8-19(3)20(23)4/h7-13,22H,6,14-17H2,1-5H3/t22-/m0/s1. The van der Waals surface area contributed by atoms with Gasteiger partial charge in [0.15, 0.2) is 0 Å². The van der Waals surface area contributed by atoms with E-state index in [-0.39, 0.29) is 5.91 Å². The molecule has 0 bridgehead atoms. The summed E-state index contributed by atoms with van der Waals surface area (Å²) in [5.41, 5.74) is 5.29. The molecule has 0 unspecified atom stereocenters. The molecule has 0 aromatic heterocycles. The first-order valence-corrected chi connectivity index (χ1v) is 12.6. The number of aryl methyl sites for hydroxylation is 2. The van der Waals surface area contributed by atoms with Crippen molar-refractivity contribution in [3.8, 4) is 0 Å². The highest BCUT2D eigenvalue weighted by Gasteiger charge is 2.35. The predicted molar refractivity (Wildman–Crippen MR) is 127 cm³/mol. The van der Waals surface area contributed by atoms with Crippen LogP contribution in [-0.4, -0.2) is 57.7 Å². The third-order valence-corrected chi connectivity index (χ3v) is 7.29. The Kier molecular flexibility index (Phi) is 6.94. The Morgan fingerprint density at radius 2 is 1.61 bits per heavy atom. The van der Waals surface area contributed by atoms with Gasteiger partial charge in [0.2, 0.25) is 15.9 Å². The Hall–Kier alpha value is -2.54. The van der Waals surface area contributed by atoms with E-state index in [1.54, 1.807) is 12.1 Å². The van der Waals surface area contributed by atoms with Gasteiger partial charge < -0.3 is 9.80 Å². The van der Waals surface area contributed by atoms with Gasteiger partial charge in [0, 0.05) is 31.9 Å². The van der Waals surface area contributed by atoms with Crippen LogP contribution in [0.5, 0.6) is 0 Å². The molecule has 3 rings (SSSR count). The first kappa shape index (κ1) is 23.1. The molecule has 0 saturated carbocycles. The van der Waals surface area contributed by atoms with Gasteiger partial charge in [-0.05, 0) is 56.5 Å². The van der Waals surface area contributed by atoms with Gasteiger partial charge in [0.1, 0.15) is 6.04 Å². The Morgan fingerprint density at radius 3 is 2.16 bits per heavy atom.